The molecule has 5 heteroatoms. The molecule has 1 fully saturated rings. The van der Waals surface area contributed by atoms with Crippen LogP contribution in [0.25, 0.3) is 5.69 Å². The third-order valence-corrected chi connectivity index (χ3v) is 4.04. The van der Waals surface area contributed by atoms with Gasteiger partial charge in [0.15, 0.2) is 0 Å². The van der Waals surface area contributed by atoms with Crippen LogP contribution >= 0.6 is 23.2 Å². The molecule has 0 atom stereocenters. The van der Waals surface area contributed by atoms with Gasteiger partial charge in [0.25, 0.3) is 0 Å². The molecule has 0 unspecified atom stereocenters. The Kier molecular flexibility index (Phi) is 3.67. The molecule has 2 aromatic rings. The van der Waals surface area contributed by atoms with Gasteiger partial charge in [-0.05, 0) is 31.0 Å². The predicted molar refractivity (Wildman–Crippen MR) is 79.5 cm³/mol. The molecule has 1 N–H and O–H groups in total. The molecule has 0 bridgehead atoms. The molecule has 1 heterocycles. The number of imidazole rings is 1. The van der Waals surface area contributed by atoms with Gasteiger partial charge < -0.3 is 5.32 Å². The highest BCUT2D eigenvalue weighted by Crippen LogP contribution is 2.28. The molecule has 1 aromatic heterocycles. The van der Waals surface area contributed by atoms with Crippen molar-refractivity contribution in [3.63, 3.8) is 0 Å². The molecule has 0 saturated heterocycles. The van der Waals surface area contributed by atoms with Crippen LogP contribution in [0.3, 0.4) is 0 Å². The first-order valence-corrected chi connectivity index (χ1v) is 7.25. The molecule has 0 spiro atoms. The van der Waals surface area contributed by atoms with E-state index in [1.54, 1.807) is 12.3 Å². The monoisotopic (exact) mass is 295 g/mol. The van der Waals surface area contributed by atoms with E-state index in [2.05, 4.69) is 10.3 Å². The summed E-state index contributed by atoms with van der Waals surface area (Å²) >= 11 is 12.2. The maximum absolute atomic E-state index is 6.25. The van der Waals surface area contributed by atoms with Crippen molar-refractivity contribution < 1.29 is 0 Å². The van der Waals surface area contributed by atoms with Gasteiger partial charge in [0, 0.05) is 23.5 Å². The molecule has 19 heavy (non-hydrogen) atoms. The third kappa shape index (κ3) is 2.72. The van der Waals surface area contributed by atoms with Gasteiger partial charge in [-0.3, -0.25) is 4.57 Å². The van der Waals surface area contributed by atoms with Crippen molar-refractivity contribution in [2.24, 2.45) is 0 Å². The maximum atomic E-state index is 6.25. The van der Waals surface area contributed by atoms with Crippen LogP contribution in [0, 0.1) is 0 Å². The first-order chi connectivity index (χ1) is 9.24. The van der Waals surface area contributed by atoms with Crippen molar-refractivity contribution in [2.45, 2.75) is 31.7 Å². The number of nitrogens with one attached hydrogen (secondary N) is 1. The maximum Gasteiger partial charge on any atom is 0.207 e. The highest BCUT2D eigenvalue weighted by Gasteiger charge is 2.17. The van der Waals surface area contributed by atoms with Gasteiger partial charge in [-0.2, -0.15) is 0 Å². The standard InChI is InChI=1S/C14H15Cl2N3/c15-10-5-6-13(12(16)9-10)19-8-7-17-14(19)18-11-3-1-2-4-11/h5-9,11H,1-4H2,(H,17,18). The number of nitrogens with zero attached hydrogens (tertiary/aromatic N) is 2. The minimum atomic E-state index is 0.521. The van der Waals surface area contributed by atoms with Gasteiger partial charge in [-0.25, -0.2) is 4.98 Å². The highest BCUT2D eigenvalue weighted by molar-refractivity contribution is 6.35. The first-order valence-electron chi connectivity index (χ1n) is 6.49. The number of aromatic nitrogens is 2. The molecular weight excluding hydrogens is 281 g/mol. The van der Waals surface area contributed by atoms with Crippen LogP contribution in [0.2, 0.25) is 10.0 Å². The molecule has 0 radical (unpaired) electrons. The lowest BCUT2D eigenvalue weighted by Gasteiger charge is -2.15. The van der Waals surface area contributed by atoms with E-state index in [9.17, 15) is 0 Å². The van der Waals surface area contributed by atoms with Crippen LogP contribution in [0.4, 0.5) is 5.95 Å². The Labute approximate surface area is 122 Å². The highest BCUT2D eigenvalue weighted by atomic mass is 35.5. The number of anilines is 1. The molecule has 1 aliphatic rings. The average molecular weight is 296 g/mol. The molecule has 3 nitrogen and oxygen atoms in total. The van der Waals surface area contributed by atoms with E-state index in [0.717, 1.165) is 11.6 Å². The summed E-state index contributed by atoms with van der Waals surface area (Å²) in [6.07, 6.45) is 8.69. The van der Waals surface area contributed by atoms with E-state index in [0.29, 0.717) is 16.1 Å². The Bertz CT molecular complexity index is 574. The topological polar surface area (TPSA) is 29.9 Å². The van der Waals surface area contributed by atoms with Gasteiger partial charge in [-0.15, -0.1) is 0 Å². The van der Waals surface area contributed by atoms with Crippen molar-refractivity contribution in [3.8, 4) is 5.69 Å². The molecule has 100 valence electrons. The fraction of sp³-hybridized carbons (Fsp3) is 0.357. The zero-order valence-electron chi connectivity index (χ0n) is 10.4. The number of hydrogen-bond acceptors (Lipinski definition) is 2. The van der Waals surface area contributed by atoms with E-state index in [-0.39, 0.29) is 0 Å². The van der Waals surface area contributed by atoms with Crippen LogP contribution in [-0.2, 0) is 0 Å². The van der Waals surface area contributed by atoms with Crippen LogP contribution in [0.15, 0.2) is 30.6 Å². The van der Waals surface area contributed by atoms with E-state index >= 15 is 0 Å². The van der Waals surface area contributed by atoms with Crippen molar-refractivity contribution in [1.29, 1.82) is 0 Å². The SMILES string of the molecule is Clc1ccc(-n2ccnc2NC2CCCC2)c(Cl)c1. The number of rotatable bonds is 3. The lowest BCUT2D eigenvalue weighted by molar-refractivity contribution is 0.740. The zero-order chi connectivity index (χ0) is 13.2. The van der Waals surface area contributed by atoms with Gasteiger partial charge in [0.2, 0.25) is 5.95 Å². The first kappa shape index (κ1) is 12.8. The number of benzene rings is 1. The van der Waals surface area contributed by atoms with Gasteiger partial charge in [-0.1, -0.05) is 36.0 Å². The summed E-state index contributed by atoms with van der Waals surface area (Å²) in [5, 5.41) is 4.75. The summed E-state index contributed by atoms with van der Waals surface area (Å²) in [7, 11) is 0. The third-order valence-electron chi connectivity index (χ3n) is 3.50. The van der Waals surface area contributed by atoms with Crippen molar-refractivity contribution in [1.82, 2.24) is 9.55 Å². The quantitative estimate of drug-likeness (QED) is 0.901. The van der Waals surface area contributed by atoms with E-state index in [1.165, 1.54) is 25.7 Å². The molecule has 0 amide bonds. The van der Waals surface area contributed by atoms with Gasteiger partial charge >= 0.3 is 0 Å². The largest absolute Gasteiger partial charge is 0.353 e. The fourth-order valence-corrected chi connectivity index (χ4v) is 3.03. The van der Waals surface area contributed by atoms with Crippen molar-refractivity contribution >= 4 is 29.2 Å². The Morgan fingerprint density at radius 2 is 2.00 bits per heavy atom. The Morgan fingerprint density at radius 1 is 1.21 bits per heavy atom. The predicted octanol–water partition coefficient (Wildman–Crippen LogP) is 4.53. The van der Waals surface area contributed by atoms with E-state index in [1.807, 2.05) is 22.9 Å². The molecular formula is C14H15Cl2N3. The Hall–Kier alpha value is -1.19. The molecule has 0 aliphatic heterocycles. The summed E-state index contributed by atoms with van der Waals surface area (Å²) in [5.74, 6) is 0.844. The van der Waals surface area contributed by atoms with Gasteiger partial charge in [0.05, 0.1) is 10.7 Å². The van der Waals surface area contributed by atoms with Crippen LogP contribution in [0.5, 0.6) is 0 Å². The number of hydrogen-bond donors (Lipinski definition) is 1. The Balaban J connectivity index is 1.90. The smallest absolute Gasteiger partial charge is 0.207 e. The average Bonchev–Trinajstić information content (AvgIpc) is 3.02. The van der Waals surface area contributed by atoms with Crippen molar-refractivity contribution in [3.05, 3.63) is 40.6 Å². The zero-order valence-corrected chi connectivity index (χ0v) is 12.0. The summed E-state index contributed by atoms with van der Waals surface area (Å²) < 4.78 is 1.97. The number of halogens is 2. The second-order valence-electron chi connectivity index (χ2n) is 4.84. The lowest BCUT2D eigenvalue weighted by Crippen LogP contribution is -2.17. The lowest BCUT2D eigenvalue weighted by atomic mass is 10.2. The summed E-state index contributed by atoms with van der Waals surface area (Å²) in [5.41, 5.74) is 0.893. The summed E-state index contributed by atoms with van der Waals surface area (Å²) in [6, 6.07) is 6.01. The second kappa shape index (κ2) is 5.43. The minimum Gasteiger partial charge on any atom is -0.353 e. The van der Waals surface area contributed by atoms with E-state index in [4.69, 9.17) is 23.2 Å². The molecule has 1 saturated carbocycles. The van der Waals surface area contributed by atoms with Crippen LogP contribution < -0.4 is 5.32 Å². The van der Waals surface area contributed by atoms with Crippen LogP contribution in [-0.4, -0.2) is 15.6 Å². The minimum absolute atomic E-state index is 0.521. The molecule has 1 aromatic carbocycles. The summed E-state index contributed by atoms with van der Waals surface area (Å²) in [6.45, 7) is 0. The second-order valence-corrected chi connectivity index (χ2v) is 5.69. The normalized spacial score (nSPS) is 15.9. The van der Waals surface area contributed by atoms with Gasteiger partial charge in [0.1, 0.15) is 0 Å². The van der Waals surface area contributed by atoms with Crippen molar-refractivity contribution in [2.75, 3.05) is 5.32 Å². The van der Waals surface area contributed by atoms with Crippen LogP contribution in [0.1, 0.15) is 25.7 Å². The fourth-order valence-electron chi connectivity index (χ4n) is 2.53. The summed E-state index contributed by atoms with van der Waals surface area (Å²) in [4.78, 5) is 4.38. The molecule has 1 aliphatic carbocycles. The molecule has 3 rings (SSSR count). The van der Waals surface area contributed by atoms with E-state index < -0.39 is 0 Å². The Morgan fingerprint density at radius 3 is 2.74 bits per heavy atom.